The number of aliphatic hydroxyl groups is 1. The van der Waals surface area contributed by atoms with E-state index in [1.165, 1.54) is 0 Å². The van der Waals surface area contributed by atoms with Gasteiger partial charge in [0.15, 0.2) is 0 Å². The van der Waals surface area contributed by atoms with Crippen LogP contribution in [0.4, 0.5) is 4.79 Å². The molecule has 2 unspecified atom stereocenters. The molecular weight excluding hydrogens is 224 g/mol. The molecule has 0 bridgehead atoms. The molecule has 6 nitrogen and oxygen atoms in total. The monoisotopic (exact) mass is 244 g/mol. The lowest BCUT2D eigenvalue weighted by Crippen LogP contribution is -2.41. The smallest absolute Gasteiger partial charge is 0.325 e. The number of urea groups is 1. The number of amides is 2. The zero-order valence-corrected chi connectivity index (χ0v) is 10.3. The Hall–Kier alpha value is -1.30. The molecule has 0 aliphatic carbocycles. The fourth-order valence-electron chi connectivity index (χ4n) is 1.84. The summed E-state index contributed by atoms with van der Waals surface area (Å²) in [5.41, 5.74) is 0. The molecule has 1 aliphatic heterocycles. The summed E-state index contributed by atoms with van der Waals surface area (Å²) in [6, 6.07) is -0.277. The van der Waals surface area contributed by atoms with E-state index in [1.54, 1.807) is 18.7 Å². The number of nitrogens with one attached hydrogen (secondary N) is 1. The van der Waals surface area contributed by atoms with Crippen molar-refractivity contribution in [2.45, 2.75) is 26.4 Å². The maximum Gasteiger partial charge on any atom is 0.325 e. The molecular formula is C11H20N2O4. The molecule has 6 heteroatoms. The fourth-order valence-corrected chi connectivity index (χ4v) is 1.84. The van der Waals surface area contributed by atoms with Crippen LogP contribution in [-0.2, 0) is 9.53 Å². The highest BCUT2D eigenvalue weighted by atomic mass is 16.5. The number of hydrogen-bond donors (Lipinski definition) is 2. The molecule has 0 saturated carbocycles. The number of rotatable bonds is 4. The third-order valence-corrected chi connectivity index (χ3v) is 2.88. The van der Waals surface area contributed by atoms with Crippen LogP contribution in [0.1, 0.15) is 20.3 Å². The predicted octanol–water partition coefficient (Wildman–Crippen LogP) is -0.0382. The molecule has 0 aromatic rings. The van der Waals surface area contributed by atoms with Gasteiger partial charge in [-0.3, -0.25) is 4.79 Å². The van der Waals surface area contributed by atoms with E-state index < -0.39 is 12.1 Å². The standard InChI is InChI=1S/C11H20N2O4/c1-3-17-10(15)6-12-11(16)13-5-4-9(7-13)8(2)14/h8-9,14H,3-7H2,1-2H3,(H,12,16). The first-order valence-electron chi connectivity index (χ1n) is 5.91. The molecule has 0 radical (unpaired) electrons. The Balaban J connectivity index is 2.27. The third kappa shape index (κ3) is 4.22. The largest absolute Gasteiger partial charge is 0.465 e. The minimum atomic E-state index is -0.438. The molecule has 17 heavy (non-hydrogen) atoms. The summed E-state index contributed by atoms with van der Waals surface area (Å²) in [5.74, 6) is -0.310. The molecule has 0 spiro atoms. The Morgan fingerprint density at radius 3 is 2.82 bits per heavy atom. The van der Waals surface area contributed by atoms with Crippen molar-refractivity contribution < 1.29 is 19.4 Å². The number of esters is 1. The van der Waals surface area contributed by atoms with E-state index in [1.807, 2.05) is 0 Å². The highest BCUT2D eigenvalue weighted by molar-refractivity contribution is 5.80. The van der Waals surface area contributed by atoms with Gasteiger partial charge in [0.05, 0.1) is 12.7 Å². The molecule has 2 N–H and O–H groups in total. The SMILES string of the molecule is CCOC(=O)CNC(=O)N1CCC(C(C)O)C1. The average Bonchev–Trinajstić information content (AvgIpc) is 2.75. The van der Waals surface area contributed by atoms with E-state index in [-0.39, 0.29) is 18.5 Å². The van der Waals surface area contributed by atoms with Crippen molar-refractivity contribution in [3.63, 3.8) is 0 Å². The van der Waals surface area contributed by atoms with Crippen molar-refractivity contribution in [3.8, 4) is 0 Å². The van der Waals surface area contributed by atoms with Crippen LogP contribution in [0.15, 0.2) is 0 Å². The van der Waals surface area contributed by atoms with Crippen molar-refractivity contribution in [2.75, 3.05) is 26.2 Å². The van der Waals surface area contributed by atoms with Gasteiger partial charge in [-0.15, -0.1) is 0 Å². The van der Waals surface area contributed by atoms with E-state index in [9.17, 15) is 14.7 Å². The third-order valence-electron chi connectivity index (χ3n) is 2.88. The molecule has 2 amide bonds. The van der Waals surface area contributed by atoms with Crippen molar-refractivity contribution >= 4 is 12.0 Å². The first-order valence-corrected chi connectivity index (χ1v) is 5.91. The topological polar surface area (TPSA) is 78.9 Å². The summed E-state index contributed by atoms with van der Waals surface area (Å²) >= 11 is 0. The van der Waals surface area contributed by atoms with Gasteiger partial charge in [0, 0.05) is 19.0 Å². The minimum absolute atomic E-state index is 0.109. The summed E-state index contributed by atoms with van der Waals surface area (Å²) in [5, 5.41) is 11.9. The maximum absolute atomic E-state index is 11.6. The number of nitrogens with zero attached hydrogens (tertiary/aromatic N) is 1. The van der Waals surface area contributed by atoms with Crippen LogP contribution < -0.4 is 5.32 Å². The summed E-state index contributed by atoms with van der Waals surface area (Å²) in [4.78, 5) is 24.3. The molecule has 1 aliphatic rings. The number of aliphatic hydroxyl groups excluding tert-OH is 1. The van der Waals surface area contributed by atoms with Gasteiger partial charge in [0.1, 0.15) is 6.54 Å². The molecule has 2 atom stereocenters. The number of carbonyl (C=O) groups is 2. The van der Waals surface area contributed by atoms with E-state index in [0.717, 1.165) is 6.42 Å². The lowest BCUT2D eigenvalue weighted by molar-refractivity contribution is -0.141. The molecule has 1 fully saturated rings. The second-order valence-electron chi connectivity index (χ2n) is 4.20. The van der Waals surface area contributed by atoms with Crippen molar-refractivity contribution in [1.82, 2.24) is 10.2 Å². The van der Waals surface area contributed by atoms with Gasteiger partial charge in [0.2, 0.25) is 0 Å². The van der Waals surface area contributed by atoms with Crippen LogP contribution in [0, 0.1) is 5.92 Å². The van der Waals surface area contributed by atoms with Crippen molar-refractivity contribution in [1.29, 1.82) is 0 Å². The fraction of sp³-hybridized carbons (Fsp3) is 0.818. The van der Waals surface area contributed by atoms with Crippen LogP contribution in [0.25, 0.3) is 0 Å². The van der Waals surface area contributed by atoms with Gasteiger partial charge in [0.25, 0.3) is 0 Å². The van der Waals surface area contributed by atoms with Gasteiger partial charge in [-0.25, -0.2) is 4.79 Å². The molecule has 0 aromatic carbocycles. The molecule has 98 valence electrons. The van der Waals surface area contributed by atoms with Crippen molar-refractivity contribution in [3.05, 3.63) is 0 Å². The average molecular weight is 244 g/mol. The van der Waals surface area contributed by atoms with E-state index in [2.05, 4.69) is 5.32 Å². The van der Waals surface area contributed by atoms with Crippen LogP contribution in [-0.4, -0.2) is 54.4 Å². The summed E-state index contributed by atoms with van der Waals surface area (Å²) in [7, 11) is 0. The van der Waals surface area contributed by atoms with Crippen LogP contribution in [0.5, 0.6) is 0 Å². The Kier molecular flexibility index (Phi) is 5.21. The summed E-state index contributed by atoms with van der Waals surface area (Å²) in [6.07, 6.45) is 0.391. The first-order chi connectivity index (χ1) is 8.04. The van der Waals surface area contributed by atoms with E-state index in [4.69, 9.17) is 4.74 Å². The maximum atomic E-state index is 11.6. The summed E-state index contributed by atoms with van der Waals surface area (Å²) in [6.45, 7) is 4.79. The normalized spacial score (nSPS) is 21.1. The van der Waals surface area contributed by atoms with E-state index >= 15 is 0 Å². The zero-order valence-electron chi connectivity index (χ0n) is 10.3. The van der Waals surface area contributed by atoms with Crippen LogP contribution in [0.3, 0.4) is 0 Å². The quantitative estimate of drug-likeness (QED) is 0.680. The Morgan fingerprint density at radius 2 is 2.29 bits per heavy atom. The molecule has 1 rings (SSSR count). The Morgan fingerprint density at radius 1 is 1.59 bits per heavy atom. The Labute approximate surface area is 101 Å². The minimum Gasteiger partial charge on any atom is -0.465 e. The lowest BCUT2D eigenvalue weighted by atomic mass is 10.0. The number of likely N-dealkylation sites (tertiary alicyclic amines) is 1. The molecule has 1 heterocycles. The number of carbonyl (C=O) groups excluding carboxylic acids is 2. The van der Waals surface area contributed by atoms with Gasteiger partial charge in [-0.2, -0.15) is 0 Å². The zero-order chi connectivity index (χ0) is 12.8. The number of ether oxygens (including phenoxy) is 1. The lowest BCUT2D eigenvalue weighted by Gasteiger charge is -2.18. The van der Waals surface area contributed by atoms with Gasteiger partial charge >= 0.3 is 12.0 Å². The Bertz CT molecular complexity index is 281. The second kappa shape index (κ2) is 6.44. The molecule has 1 saturated heterocycles. The first kappa shape index (κ1) is 13.8. The highest BCUT2D eigenvalue weighted by Gasteiger charge is 2.29. The second-order valence-corrected chi connectivity index (χ2v) is 4.20. The molecule has 0 aromatic heterocycles. The van der Waals surface area contributed by atoms with Crippen molar-refractivity contribution in [2.24, 2.45) is 5.92 Å². The predicted molar refractivity (Wildman–Crippen MR) is 61.4 cm³/mol. The van der Waals surface area contributed by atoms with Gasteiger partial charge in [-0.05, 0) is 20.3 Å². The van der Waals surface area contributed by atoms with Gasteiger partial charge < -0.3 is 20.1 Å². The number of hydrogen-bond acceptors (Lipinski definition) is 4. The van der Waals surface area contributed by atoms with Gasteiger partial charge in [-0.1, -0.05) is 0 Å². The van der Waals surface area contributed by atoms with E-state index in [0.29, 0.717) is 19.7 Å². The highest BCUT2D eigenvalue weighted by Crippen LogP contribution is 2.19. The van der Waals surface area contributed by atoms with Crippen LogP contribution >= 0.6 is 0 Å². The van der Waals surface area contributed by atoms with Crippen LogP contribution in [0.2, 0.25) is 0 Å². The summed E-state index contributed by atoms with van der Waals surface area (Å²) < 4.78 is 4.70.